The van der Waals surface area contributed by atoms with Crippen LogP contribution in [0.5, 0.6) is 0 Å². The first kappa shape index (κ1) is 29.5. The highest BCUT2D eigenvalue weighted by Crippen LogP contribution is 2.17. The lowest BCUT2D eigenvalue weighted by Crippen LogP contribution is -2.45. The maximum atomic E-state index is 13.3. The van der Waals surface area contributed by atoms with Gasteiger partial charge in [0, 0.05) is 24.3 Å². The molecule has 8 heteroatoms. The van der Waals surface area contributed by atoms with Crippen LogP contribution in [-0.2, 0) is 31.3 Å². The molecule has 0 radical (unpaired) electrons. The van der Waals surface area contributed by atoms with E-state index in [2.05, 4.69) is 22.8 Å². The summed E-state index contributed by atoms with van der Waals surface area (Å²) in [6.45, 7) is -0.0914. The molecule has 2 aromatic rings. The summed E-state index contributed by atoms with van der Waals surface area (Å²) in [4.78, 5) is 38.3. The second kappa shape index (κ2) is 16.7. The normalized spacial score (nSPS) is 19.7. The van der Waals surface area contributed by atoms with Crippen LogP contribution in [0.25, 0.3) is 0 Å². The minimum absolute atomic E-state index is 0.00509. The molecule has 3 N–H and O–H groups in total. The largest absolute Gasteiger partial charge is 0.463 e. The highest BCUT2D eigenvalue weighted by molar-refractivity contribution is 7.98. The number of hydrogen-bond donors (Lipinski definition) is 3. The molecule has 1 heterocycles. The number of benzene rings is 2. The van der Waals surface area contributed by atoms with Crippen molar-refractivity contribution >= 4 is 29.5 Å². The number of hydrogen-bond acceptors (Lipinski definition) is 6. The van der Waals surface area contributed by atoms with E-state index in [9.17, 15) is 19.5 Å². The summed E-state index contributed by atoms with van der Waals surface area (Å²) >= 11 is 1.66. The fraction of sp³-hybridized carbons (Fsp3) is 0.433. The van der Waals surface area contributed by atoms with E-state index >= 15 is 0 Å². The Hall–Kier alpha value is -3.10. The third-order valence-electron chi connectivity index (χ3n) is 6.27. The summed E-state index contributed by atoms with van der Waals surface area (Å²) in [6.07, 6.45) is 6.49. The minimum Gasteiger partial charge on any atom is -0.463 e. The van der Waals surface area contributed by atoms with Crippen molar-refractivity contribution in [2.45, 2.75) is 56.4 Å². The van der Waals surface area contributed by atoms with Gasteiger partial charge < -0.3 is 20.5 Å². The molecule has 204 valence electrons. The molecule has 1 aliphatic rings. The van der Waals surface area contributed by atoms with Crippen molar-refractivity contribution in [2.75, 3.05) is 19.0 Å². The molecular formula is C30H38N2O5S. The Morgan fingerprint density at radius 2 is 1.76 bits per heavy atom. The number of thioether (sulfide) groups is 1. The molecule has 3 rings (SSSR count). The molecule has 0 saturated heterocycles. The van der Waals surface area contributed by atoms with Crippen LogP contribution < -0.4 is 10.6 Å². The molecule has 0 spiro atoms. The second-order valence-electron chi connectivity index (χ2n) is 9.53. The Morgan fingerprint density at radius 1 is 1.05 bits per heavy atom. The van der Waals surface area contributed by atoms with Crippen LogP contribution in [0.4, 0.5) is 0 Å². The van der Waals surface area contributed by atoms with E-state index in [1.807, 2.05) is 60.7 Å². The maximum absolute atomic E-state index is 13.3. The number of rotatable bonds is 10. The number of cyclic esters (lactones) is 1. The summed E-state index contributed by atoms with van der Waals surface area (Å²) in [5.74, 6) is -0.00510. The molecule has 0 fully saturated rings. The SMILES string of the molecule is O=C(C[C@H]1CC=CCCCC(=O)OC[C@H](CSCc2ccccc2)NC1=O)N[C@@H](CO)Cc1ccccc1. The van der Waals surface area contributed by atoms with Crippen LogP contribution in [0.3, 0.4) is 0 Å². The van der Waals surface area contributed by atoms with Crippen LogP contribution in [0.2, 0.25) is 0 Å². The lowest BCUT2D eigenvalue weighted by Gasteiger charge is -2.23. The minimum atomic E-state index is -0.569. The Morgan fingerprint density at radius 3 is 2.47 bits per heavy atom. The molecule has 0 saturated carbocycles. The van der Waals surface area contributed by atoms with Gasteiger partial charge in [0.1, 0.15) is 6.61 Å². The molecule has 0 aromatic heterocycles. The zero-order valence-corrected chi connectivity index (χ0v) is 22.5. The number of aliphatic hydroxyl groups is 1. The highest BCUT2D eigenvalue weighted by atomic mass is 32.2. The van der Waals surface area contributed by atoms with Crippen molar-refractivity contribution in [3.05, 3.63) is 83.9 Å². The number of aliphatic hydroxyl groups excluding tert-OH is 1. The zero-order chi connectivity index (χ0) is 27.0. The quantitative estimate of drug-likeness (QED) is 0.314. The van der Waals surface area contributed by atoms with Crippen molar-refractivity contribution in [1.29, 1.82) is 0 Å². The van der Waals surface area contributed by atoms with Gasteiger partial charge in [-0.3, -0.25) is 14.4 Å². The second-order valence-corrected chi connectivity index (χ2v) is 10.6. The fourth-order valence-electron chi connectivity index (χ4n) is 4.21. The van der Waals surface area contributed by atoms with Crippen LogP contribution in [0, 0.1) is 5.92 Å². The third kappa shape index (κ3) is 11.1. The van der Waals surface area contributed by atoms with Gasteiger partial charge in [-0.15, -0.1) is 0 Å². The predicted molar refractivity (Wildman–Crippen MR) is 150 cm³/mol. The average Bonchev–Trinajstić information content (AvgIpc) is 2.94. The number of amides is 2. The van der Waals surface area contributed by atoms with Gasteiger partial charge in [0.05, 0.1) is 24.6 Å². The van der Waals surface area contributed by atoms with Gasteiger partial charge in [-0.05, 0) is 36.8 Å². The van der Waals surface area contributed by atoms with E-state index < -0.39 is 12.0 Å². The molecular weight excluding hydrogens is 500 g/mol. The van der Waals surface area contributed by atoms with E-state index in [0.717, 1.165) is 11.3 Å². The van der Waals surface area contributed by atoms with Gasteiger partial charge in [0.2, 0.25) is 11.8 Å². The fourth-order valence-corrected chi connectivity index (χ4v) is 5.22. The Kier molecular flexibility index (Phi) is 12.9. The van der Waals surface area contributed by atoms with Gasteiger partial charge in [0.15, 0.2) is 0 Å². The Balaban J connectivity index is 1.61. The van der Waals surface area contributed by atoms with Crippen molar-refractivity contribution in [1.82, 2.24) is 10.6 Å². The standard InChI is InChI=1S/C30H38N2O5S/c33-19-26(17-23-11-5-3-6-12-23)31-28(34)18-25-15-9-1-2-10-16-29(35)37-20-27(32-30(25)36)22-38-21-24-13-7-4-8-14-24/h1,3-9,11-14,25-27,33H,2,10,15-22H2,(H,31,34)(H,32,36)/t25-,26-,27-/m1/s1. The lowest BCUT2D eigenvalue weighted by atomic mass is 9.98. The molecule has 0 aliphatic carbocycles. The Labute approximate surface area is 229 Å². The number of esters is 1. The maximum Gasteiger partial charge on any atom is 0.305 e. The Bertz CT molecular complexity index is 1030. The molecule has 1 aliphatic heterocycles. The molecule has 38 heavy (non-hydrogen) atoms. The van der Waals surface area contributed by atoms with Crippen LogP contribution in [-0.4, -0.2) is 53.9 Å². The average molecular weight is 539 g/mol. The summed E-state index contributed by atoms with van der Waals surface area (Å²) in [6, 6.07) is 18.9. The van der Waals surface area contributed by atoms with E-state index in [-0.39, 0.29) is 43.5 Å². The van der Waals surface area contributed by atoms with Crippen molar-refractivity contribution in [2.24, 2.45) is 5.92 Å². The number of carbonyl (C=O) groups is 3. The molecule has 0 unspecified atom stereocenters. The number of allylic oxidation sites excluding steroid dienone is 2. The first-order valence-electron chi connectivity index (χ1n) is 13.2. The molecule has 3 atom stereocenters. The molecule has 0 bridgehead atoms. The van der Waals surface area contributed by atoms with E-state index in [0.29, 0.717) is 37.9 Å². The first-order chi connectivity index (χ1) is 18.5. The van der Waals surface area contributed by atoms with E-state index in [1.54, 1.807) is 11.8 Å². The number of nitrogens with one attached hydrogen (secondary N) is 2. The summed E-state index contributed by atoms with van der Waals surface area (Å²) < 4.78 is 5.46. The van der Waals surface area contributed by atoms with E-state index in [4.69, 9.17) is 4.74 Å². The summed E-state index contributed by atoms with van der Waals surface area (Å²) in [7, 11) is 0. The van der Waals surface area contributed by atoms with E-state index in [1.165, 1.54) is 5.56 Å². The van der Waals surface area contributed by atoms with Gasteiger partial charge in [-0.25, -0.2) is 0 Å². The topological polar surface area (TPSA) is 105 Å². The van der Waals surface area contributed by atoms with Gasteiger partial charge in [-0.2, -0.15) is 11.8 Å². The smallest absolute Gasteiger partial charge is 0.305 e. The summed E-state index contributed by atoms with van der Waals surface area (Å²) in [5, 5.41) is 15.7. The monoisotopic (exact) mass is 538 g/mol. The third-order valence-corrected chi connectivity index (χ3v) is 7.45. The lowest BCUT2D eigenvalue weighted by molar-refractivity contribution is -0.145. The van der Waals surface area contributed by atoms with Crippen molar-refractivity contribution in [3.63, 3.8) is 0 Å². The van der Waals surface area contributed by atoms with Crippen molar-refractivity contribution < 1.29 is 24.2 Å². The highest BCUT2D eigenvalue weighted by Gasteiger charge is 2.25. The zero-order valence-electron chi connectivity index (χ0n) is 21.7. The van der Waals surface area contributed by atoms with Crippen molar-refractivity contribution in [3.8, 4) is 0 Å². The number of ether oxygens (including phenoxy) is 1. The molecule has 2 amide bonds. The van der Waals surface area contributed by atoms with Crippen LogP contribution in [0.1, 0.15) is 43.2 Å². The van der Waals surface area contributed by atoms with Gasteiger partial charge >= 0.3 is 5.97 Å². The van der Waals surface area contributed by atoms with Gasteiger partial charge in [0.25, 0.3) is 0 Å². The van der Waals surface area contributed by atoms with Gasteiger partial charge in [-0.1, -0.05) is 72.8 Å². The summed E-state index contributed by atoms with van der Waals surface area (Å²) in [5.41, 5.74) is 2.19. The predicted octanol–water partition coefficient (Wildman–Crippen LogP) is 3.80. The molecule has 2 aromatic carbocycles. The first-order valence-corrected chi connectivity index (χ1v) is 14.4. The molecule has 7 nitrogen and oxygen atoms in total. The number of carbonyl (C=O) groups excluding carboxylic acids is 3. The van der Waals surface area contributed by atoms with Crippen LogP contribution >= 0.6 is 11.8 Å². The van der Waals surface area contributed by atoms with Crippen LogP contribution in [0.15, 0.2) is 72.8 Å².